The Balaban J connectivity index is 1.96. The topological polar surface area (TPSA) is 102 Å². The highest BCUT2D eigenvalue weighted by Crippen LogP contribution is 2.12. The van der Waals surface area contributed by atoms with Crippen LogP contribution in [0.1, 0.15) is 5.56 Å². The highest BCUT2D eigenvalue weighted by atomic mass is 19.1. The van der Waals surface area contributed by atoms with Gasteiger partial charge in [-0.2, -0.15) is 9.97 Å². The van der Waals surface area contributed by atoms with Crippen molar-refractivity contribution in [2.75, 3.05) is 23.0 Å². The van der Waals surface area contributed by atoms with E-state index in [1.165, 1.54) is 6.07 Å². The van der Waals surface area contributed by atoms with Crippen LogP contribution >= 0.6 is 0 Å². The summed E-state index contributed by atoms with van der Waals surface area (Å²) in [6, 6.07) is 8.28. The lowest BCUT2D eigenvalue weighted by Gasteiger charge is -2.08. The molecule has 0 amide bonds. The van der Waals surface area contributed by atoms with Crippen molar-refractivity contribution >= 4 is 17.6 Å². The second kappa shape index (κ2) is 5.96. The molecule has 0 fully saturated rings. The Morgan fingerprint density at radius 2 is 1.89 bits per heavy atom. The summed E-state index contributed by atoms with van der Waals surface area (Å²) in [7, 11) is 0. The number of halogens is 1. The van der Waals surface area contributed by atoms with E-state index in [2.05, 4.69) is 20.7 Å². The SMILES string of the molecule is NNc1cc(NCCc2ccccc2F)nc(N)n1. The normalized spacial score (nSPS) is 10.2. The van der Waals surface area contributed by atoms with Crippen LogP contribution < -0.4 is 22.3 Å². The van der Waals surface area contributed by atoms with E-state index in [1.54, 1.807) is 24.3 Å². The van der Waals surface area contributed by atoms with E-state index in [0.29, 0.717) is 30.2 Å². The van der Waals surface area contributed by atoms with Gasteiger partial charge in [0.1, 0.15) is 17.5 Å². The van der Waals surface area contributed by atoms with Crippen LogP contribution in [0, 0.1) is 5.82 Å². The molecule has 1 aromatic carbocycles. The average Bonchev–Trinajstić information content (AvgIpc) is 2.40. The lowest BCUT2D eigenvalue weighted by atomic mass is 10.1. The van der Waals surface area contributed by atoms with E-state index >= 15 is 0 Å². The van der Waals surface area contributed by atoms with Crippen LogP contribution in [0.2, 0.25) is 0 Å². The van der Waals surface area contributed by atoms with Gasteiger partial charge in [0.2, 0.25) is 5.95 Å². The maximum absolute atomic E-state index is 13.4. The molecule has 0 radical (unpaired) electrons. The first-order valence-corrected chi connectivity index (χ1v) is 5.77. The van der Waals surface area contributed by atoms with Gasteiger partial charge in [-0.15, -0.1) is 0 Å². The molecule has 19 heavy (non-hydrogen) atoms. The number of anilines is 3. The minimum Gasteiger partial charge on any atom is -0.370 e. The quantitative estimate of drug-likeness (QED) is 0.476. The number of nitrogens with one attached hydrogen (secondary N) is 2. The molecule has 0 aliphatic rings. The van der Waals surface area contributed by atoms with E-state index in [1.807, 2.05) is 0 Å². The van der Waals surface area contributed by atoms with Gasteiger partial charge in [-0.25, -0.2) is 10.2 Å². The Morgan fingerprint density at radius 3 is 2.63 bits per heavy atom. The Morgan fingerprint density at radius 1 is 1.16 bits per heavy atom. The zero-order chi connectivity index (χ0) is 13.7. The Hall–Kier alpha value is -2.41. The Labute approximate surface area is 110 Å². The Bertz CT molecular complexity index is 560. The van der Waals surface area contributed by atoms with E-state index < -0.39 is 0 Å². The van der Waals surface area contributed by atoms with Crippen LogP contribution in [0.3, 0.4) is 0 Å². The molecule has 2 rings (SSSR count). The second-order valence-corrected chi connectivity index (χ2v) is 3.91. The summed E-state index contributed by atoms with van der Waals surface area (Å²) in [5.41, 5.74) is 8.57. The van der Waals surface area contributed by atoms with Crippen molar-refractivity contribution in [1.29, 1.82) is 0 Å². The van der Waals surface area contributed by atoms with Gasteiger partial charge in [0.25, 0.3) is 0 Å². The summed E-state index contributed by atoms with van der Waals surface area (Å²) in [6.07, 6.45) is 0.544. The van der Waals surface area contributed by atoms with Crippen molar-refractivity contribution in [1.82, 2.24) is 9.97 Å². The minimum atomic E-state index is -0.212. The van der Waals surface area contributed by atoms with Crippen LogP contribution in [-0.2, 0) is 6.42 Å². The van der Waals surface area contributed by atoms with Crippen molar-refractivity contribution in [2.45, 2.75) is 6.42 Å². The summed E-state index contributed by atoms with van der Waals surface area (Å²) in [6.45, 7) is 0.529. The first-order valence-electron chi connectivity index (χ1n) is 5.77. The van der Waals surface area contributed by atoms with Crippen LogP contribution in [0.4, 0.5) is 22.0 Å². The largest absolute Gasteiger partial charge is 0.370 e. The lowest BCUT2D eigenvalue weighted by molar-refractivity contribution is 0.610. The maximum atomic E-state index is 13.4. The number of benzene rings is 1. The van der Waals surface area contributed by atoms with Crippen LogP contribution in [-0.4, -0.2) is 16.5 Å². The van der Waals surface area contributed by atoms with E-state index in [4.69, 9.17) is 11.6 Å². The molecule has 7 heteroatoms. The molecule has 6 N–H and O–H groups in total. The second-order valence-electron chi connectivity index (χ2n) is 3.91. The molecular weight excluding hydrogens is 247 g/mol. The molecule has 1 heterocycles. The van der Waals surface area contributed by atoms with Crippen molar-refractivity contribution < 1.29 is 4.39 Å². The zero-order valence-electron chi connectivity index (χ0n) is 10.2. The van der Waals surface area contributed by atoms with E-state index in [-0.39, 0.29) is 11.8 Å². The van der Waals surface area contributed by atoms with Gasteiger partial charge >= 0.3 is 0 Å². The van der Waals surface area contributed by atoms with Gasteiger partial charge in [0, 0.05) is 12.6 Å². The fraction of sp³-hybridized carbons (Fsp3) is 0.167. The summed E-state index contributed by atoms with van der Waals surface area (Å²) in [5.74, 6) is 6.11. The summed E-state index contributed by atoms with van der Waals surface area (Å²) in [4.78, 5) is 7.86. The number of aromatic nitrogens is 2. The van der Waals surface area contributed by atoms with Gasteiger partial charge < -0.3 is 16.5 Å². The Kier molecular flexibility index (Phi) is 4.09. The summed E-state index contributed by atoms with van der Waals surface area (Å²) in [5, 5.41) is 3.04. The third-order valence-corrected chi connectivity index (χ3v) is 2.55. The van der Waals surface area contributed by atoms with Crippen molar-refractivity contribution in [3.63, 3.8) is 0 Å². The van der Waals surface area contributed by atoms with Gasteiger partial charge in [0.15, 0.2) is 0 Å². The first-order chi connectivity index (χ1) is 9.19. The van der Waals surface area contributed by atoms with Gasteiger partial charge in [-0.05, 0) is 18.1 Å². The minimum absolute atomic E-state index is 0.115. The molecule has 2 aromatic rings. The fourth-order valence-corrected chi connectivity index (χ4v) is 1.66. The number of nitrogens with two attached hydrogens (primary N) is 2. The number of rotatable bonds is 5. The van der Waals surface area contributed by atoms with Crippen molar-refractivity contribution in [3.8, 4) is 0 Å². The van der Waals surface area contributed by atoms with E-state index in [9.17, 15) is 4.39 Å². The molecular formula is C12H15FN6. The molecule has 100 valence electrons. The standard InChI is InChI=1S/C12H15FN6/c13-9-4-2-1-3-8(9)5-6-16-10-7-11(19-15)18-12(14)17-10/h1-4,7H,5-6,15H2,(H4,14,16,17,18,19). The van der Waals surface area contributed by atoms with Gasteiger partial charge in [0.05, 0.1) is 0 Å². The monoisotopic (exact) mass is 262 g/mol. The molecule has 0 unspecified atom stereocenters. The summed E-state index contributed by atoms with van der Waals surface area (Å²) >= 11 is 0. The number of hydrogen-bond acceptors (Lipinski definition) is 6. The predicted octanol–water partition coefficient (Wildman–Crippen LogP) is 1.14. The number of hydrogen-bond donors (Lipinski definition) is 4. The smallest absolute Gasteiger partial charge is 0.223 e. The number of nitrogens with zero attached hydrogens (tertiary/aromatic N) is 2. The predicted molar refractivity (Wildman–Crippen MR) is 72.8 cm³/mol. The van der Waals surface area contributed by atoms with Crippen molar-refractivity contribution in [2.24, 2.45) is 5.84 Å². The molecule has 6 nitrogen and oxygen atoms in total. The molecule has 1 aromatic heterocycles. The highest BCUT2D eigenvalue weighted by molar-refractivity contribution is 5.50. The van der Waals surface area contributed by atoms with Crippen LogP contribution in [0.5, 0.6) is 0 Å². The summed E-state index contributed by atoms with van der Waals surface area (Å²) < 4.78 is 13.4. The highest BCUT2D eigenvalue weighted by Gasteiger charge is 2.03. The molecule has 0 spiro atoms. The van der Waals surface area contributed by atoms with E-state index in [0.717, 1.165) is 0 Å². The number of hydrazine groups is 1. The third-order valence-electron chi connectivity index (χ3n) is 2.55. The van der Waals surface area contributed by atoms with Gasteiger partial charge in [-0.1, -0.05) is 18.2 Å². The fourth-order valence-electron chi connectivity index (χ4n) is 1.66. The molecule has 0 aliphatic heterocycles. The van der Waals surface area contributed by atoms with Crippen LogP contribution in [0.15, 0.2) is 30.3 Å². The first kappa shape index (κ1) is 13.0. The lowest BCUT2D eigenvalue weighted by Crippen LogP contribution is -2.13. The molecule has 0 saturated heterocycles. The number of nitrogen functional groups attached to an aromatic ring is 2. The van der Waals surface area contributed by atoms with Crippen LogP contribution in [0.25, 0.3) is 0 Å². The van der Waals surface area contributed by atoms with Gasteiger partial charge in [-0.3, -0.25) is 0 Å². The zero-order valence-corrected chi connectivity index (χ0v) is 10.2. The molecule has 0 saturated carbocycles. The maximum Gasteiger partial charge on any atom is 0.223 e. The molecule has 0 atom stereocenters. The molecule has 0 aliphatic carbocycles. The molecule has 0 bridgehead atoms. The van der Waals surface area contributed by atoms with Crippen molar-refractivity contribution in [3.05, 3.63) is 41.7 Å². The average molecular weight is 262 g/mol. The third kappa shape index (κ3) is 3.52.